The molecule has 1 unspecified atom stereocenters. The fraction of sp³-hybridized carbons (Fsp3) is 0.435. The lowest BCUT2D eigenvalue weighted by Crippen LogP contribution is -2.56. The molecule has 1 aliphatic heterocycles. The molecule has 0 amide bonds. The summed E-state index contributed by atoms with van der Waals surface area (Å²) in [5.41, 5.74) is 1.30. The van der Waals surface area contributed by atoms with Gasteiger partial charge < -0.3 is 9.64 Å². The predicted octanol–water partition coefficient (Wildman–Crippen LogP) is 4.03. The predicted molar refractivity (Wildman–Crippen MR) is 119 cm³/mol. The SMILES string of the molecule is COCC1CN(S(=O)(=O)c2cc(C)c(C)cc2C)CCN1c1ccc(C#N)c(C(F)(F)F)c1. The fourth-order valence-electron chi connectivity index (χ4n) is 4.11. The van der Waals surface area contributed by atoms with Gasteiger partial charge in [0.05, 0.1) is 34.7 Å². The number of alkyl halides is 3. The number of rotatable bonds is 5. The largest absolute Gasteiger partial charge is 0.417 e. The van der Waals surface area contributed by atoms with Crippen molar-refractivity contribution < 1.29 is 26.3 Å². The molecular formula is C23H26F3N3O3S. The Bertz CT molecular complexity index is 1190. The lowest BCUT2D eigenvalue weighted by Gasteiger charge is -2.42. The number of nitrogens with zero attached hydrogens (tertiary/aromatic N) is 3. The van der Waals surface area contributed by atoms with Gasteiger partial charge in [0.25, 0.3) is 0 Å². The number of piperazine rings is 1. The second-order valence-corrected chi connectivity index (χ2v) is 10.1. The van der Waals surface area contributed by atoms with Crippen LogP contribution >= 0.6 is 0 Å². The summed E-state index contributed by atoms with van der Waals surface area (Å²) < 4.78 is 73.8. The van der Waals surface area contributed by atoms with Crippen LogP contribution in [-0.4, -0.2) is 52.1 Å². The van der Waals surface area contributed by atoms with Crippen molar-refractivity contribution in [3.8, 4) is 6.07 Å². The normalized spacial score (nSPS) is 17.8. The zero-order valence-corrected chi connectivity index (χ0v) is 19.7. The maximum atomic E-state index is 13.5. The minimum Gasteiger partial charge on any atom is -0.383 e. The highest BCUT2D eigenvalue weighted by molar-refractivity contribution is 7.89. The summed E-state index contributed by atoms with van der Waals surface area (Å²) >= 11 is 0. The molecule has 2 aromatic carbocycles. The van der Waals surface area contributed by atoms with Gasteiger partial charge in [0.15, 0.2) is 0 Å². The molecule has 0 aliphatic carbocycles. The molecule has 0 saturated carbocycles. The van der Waals surface area contributed by atoms with Crippen LogP contribution in [0.4, 0.5) is 18.9 Å². The van der Waals surface area contributed by atoms with Gasteiger partial charge in [-0.1, -0.05) is 6.07 Å². The summed E-state index contributed by atoms with van der Waals surface area (Å²) in [6, 6.07) is 8.11. The Hall–Kier alpha value is -2.61. The lowest BCUT2D eigenvalue weighted by atomic mass is 10.0. The standard InChI is InChI=1S/C23H26F3N3O3S/c1-15-9-17(3)22(10-16(15)2)33(30,31)28-7-8-29(20(13-28)14-32-4)19-6-5-18(12-27)21(11-19)23(24,25)26/h5-6,9-11,20H,7-8,13-14H2,1-4H3. The zero-order chi connectivity index (χ0) is 24.6. The smallest absolute Gasteiger partial charge is 0.383 e. The molecule has 3 rings (SSSR count). The second kappa shape index (κ2) is 9.33. The molecule has 0 bridgehead atoms. The zero-order valence-electron chi connectivity index (χ0n) is 18.9. The van der Waals surface area contributed by atoms with Crippen LogP contribution in [0.25, 0.3) is 0 Å². The first-order valence-electron chi connectivity index (χ1n) is 10.3. The van der Waals surface area contributed by atoms with Gasteiger partial charge in [-0.15, -0.1) is 0 Å². The first-order valence-corrected chi connectivity index (χ1v) is 11.8. The molecular weight excluding hydrogens is 455 g/mol. The topological polar surface area (TPSA) is 73.6 Å². The molecule has 0 aromatic heterocycles. The number of aryl methyl sites for hydroxylation is 3. The van der Waals surface area contributed by atoms with Gasteiger partial charge in [-0.3, -0.25) is 0 Å². The number of sulfonamides is 1. The minimum atomic E-state index is -4.68. The highest BCUT2D eigenvalue weighted by Gasteiger charge is 2.38. The summed E-state index contributed by atoms with van der Waals surface area (Å²) in [7, 11) is -2.35. The first-order chi connectivity index (χ1) is 15.4. The van der Waals surface area contributed by atoms with E-state index in [1.54, 1.807) is 24.0 Å². The molecule has 2 aromatic rings. The number of anilines is 1. The van der Waals surface area contributed by atoms with E-state index in [0.717, 1.165) is 23.3 Å². The van der Waals surface area contributed by atoms with Crippen LogP contribution in [0.2, 0.25) is 0 Å². The van der Waals surface area contributed by atoms with Gasteiger partial charge in [-0.05, 0) is 61.7 Å². The van der Waals surface area contributed by atoms with Crippen LogP contribution in [0.15, 0.2) is 35.2 Å². The Kier molecular flexibility index (Phi) is 7.07. The van der Waals surface area contributed by atoms with E-state index in [0.29, 0.717) is 5.56 Å². The van der Waals surface area contributed by atoms with Crippen LogP contribution in [0.1, 0.15) is 27.8 Å². The fourth-order valence-corrected chi connectivity index (χ4v) is 5.87. The van der Waals surface area contributed by atoms with E-state index in [1.165, 1.54) is 17.5 Å². The van der Waals surface area contributed by atoms with Crippen molar-refractivity contribution in [3.63, 3.8) is 0 Å². The van der Waals surface area contributed by atoms with Crippen molar-refractivity contribution >= 4 is 15.7 Å². The second-order valence-electron chi connectivity index (χ2n) is 8.21. The number of hydrogen-bond acceptors (Lipinski definition) is 5. The third-order valence-corrected chi connectivity index (χ3v) is 7.98. The molecule has 1 heterocycles. The van der Waals surface area contributed by atoms with Crippen molar-refractivity contribution in [1.29, 1.82) is 5.26 Å². The average molecular weight is 482 g/mol. The summed E-state index contributed by atoms with van der Waals surface area (Å²) in [6.45, 7) is 5.99. The number of hydrogen-bond donors (Lipinski definition) is 0. The Morgan fingerprint density at radius 3 is 2.36 bits per heavy atom. The number of halogens is 3. The lowest BCUT2D eigenvalue weighted by molar-refractivity contribution is -0.137. The summed E-state index contributed by atoms with van der Waals surface area (Å²) in [5, 5.41) is 9.05. The molecule has 6 nitrogen and oxygen atoms in total. The number of benzene rings is 2. The molecule has 1 saturated heterocycles. The number of ether oxygens (including phenoxy) is 1. The van der Waals surface area contributed by atoms with Crippen molar-refractivity contribution in [2.75, 3.05) is 38.3 Å². The Morgan fingerprint density at radius 1 is 1.09 bits per heavy atom. The highest BCUT2D eigenvalue weighted by Crippen LogP contribution is 2.36. The van der Waals surface area contributed by atoms with Crippen LogP contribution in [0, 0.1) is 32.1 Å². The van der Waals surface area contributed by atoms with E-state index in [1.807, 2.05) is 19.9 Å². The van der Waals surface area contributed by atoms with Crippen LogP contribution in [0.3, 0.4) is 0 Å². The van der Waals surface area contributed by atoms with Gasteiger partial charge in [-0.2, -0.15) is 22.7 Å². The van der Waals surface area contributed by atoms with Crippen LogP contribution < -0.4 is 4.90 Å². The summed E-state index contributed by atoms with van der Waals surface area (Å²) in [4.78, 5) is 1.94. The Balaban J connectivity index is 1.95. The molecule has 1 fully saturated rings. The van der Waals surface area contributed by atoms with Gasteiger partial charge in [-0.25, -0.2) is 8.42 Å². The van der Waals surface area contributed by atoms with Crippen molar-refractivity contribution in [2.45, 2.75) is 37.9 Å². The molecule has 10 heteroatoms. The van der Waals surface area contributed by atoms with Gasteiger partial charge >= 0.3 is 6.18 Å². The van der Waals surface area contributed by atoms with Crippen molar-refractivity contribution in [1.82, 2.24) is 4.31 Å². The summed E-state index contributed by atoms with van der Waals surface area (Å²) in [6.07, 6.45) is -4.68. The molecule has 33 heavy (non-hydrogen) atoms. The summed E-state index contributed by atoms with van der Waals surface area (Å²) in [5.74, 6) is 0. The molecule has 1 aliphatic rings. The minimum absolute atomic E-state index is 0.0594. The molecule has 1 atom stereocenters. The van der Waals surface area contributed by atoms with E-state index in [2.05, 4.69) is 0 Å². The van der Waals surface area contributed by atoms with E-state index in [9.17, 15) is 21.6 Å². The Morgan fingerprint density at radius 2 is 1.76 bits per heavy atom. The van der Waals surface area contributed by atoms with E-state index < -0.39 is 33.4 Å². The monoisotopic (exact) mass is 481 g/mol. The number of nitriles is 1. The first kappa shape index (κ1) is 25.0. The quantitative estimate of drug-likeness (QED) is 0.645. The van der Waals surface area contributed by atoms with Crippen molar-refractivity contribution in [3.05, 3.63) is 58.1 Å². The molecule has 178 valence electrons. The number of methoxy groups -OCH3 is 1. The third-order valence-electron chi connectivity index (χ3n) is 5.97. The molecule has 0 N–H and O–H groups in total. The van der Waals surface area contributed by atoms with Gasteiger partial charge in [0.1, 0.15) is 0 Å². The maximum Gasteiger partial charge on any atom is 0.417 e. The van der Waals surface area contributed by atoms with Crippen LogP contribution in [-0.2, 0) is 20.9 Å². The highest BCUT2D eigenvalue weighted by atomic mass is 32.2. The van der Waals surface area contributed by atoms with Gasteiger partial charge in [0, 0.05) is 32.4 Å². The molecule has 0 radical (unpaired) electrons. The Labute approximate surface area is 192 Å². The third kappa shape index (κ3) is 5.00. The van der Waals surface area contributed by atoms with E-state index in [4.69, 9.17) is 10.00 Å². The average Bonchev–Trinajstić information content (AvgIpc) is 2.75. The van der Waals surface area contributed by atoms with Gasteiger partial charge in [0.2, 0.25) is 10.0 Å². The molecule has 0 spiro atoms. The van der Waals surface area contributed by atoms with E-state index >= 15 is 0 Å². The van der Waals surface area contributed by atoms with E-state index in [-0.39, 0.29) is 36.8 Å². The van der Waals surface area contributed by atoms with Crippen molar-refractivity contribution in [2.24, 2.45) is 0 Å². The van der Waals surface area contributed by atoms with Crippen LogP contribution in [0.5, 0.6) is 0 Å². The maximum absolute atomic E-state index is 13.5.